The van der Waals surface area contributed by atoms with Crippen molar-refractivity contribution < 1.29 is 19.1 Å². The lowest BCUT2D eigenvalue weighted by Gasteiger charge is -2.31. The molecule has 8 heteroatoms. The molecule has 0 aliphatic carbocycles. The summed E-state index contributed by atoms with van der Waals surface area (Å²) in [5.74, 6) is -0.817. The Morgan fingerprint density at radius 2 is 1.45 bits per heavy atom. The van der Waals surface area contributed by atoms with E-state index in [1.54, 1.807) is 11.0 Å². The van der Waals surface area contributed by atoms with Crippen LogP contribution in [0.25, 0.3) is 0 Å². The fourth-order valence-corrected chi connectivity index (χ4v) is 4.92. The van der Waals surface area contributed by atoms with Crippen LogP contribution in [0.1, 0.15) is 30.5 Å². The quantitative estimate of drug-likeness (QED) is 0.305. The van der Waals surface area contributed by atoms with E-state index in [0.29, 0.717) is 17.0 Å². The molecule has 4 aromatic carbocycles. The molecule has 1 aliphatic rings. The van der Waals surface area contributed by atoms with Gasteiger partial charge in [-0.15, -0.1) is 0 Å². The Labute approximate surface area is 245 Å². The molecule has 0 spiro atoms. The summed E-state index contributed by atoms with van der Waals surface area (Å²) in [6.07, 6.45) is -2.12. The van der Waals surface area contributed by atoms with Crippen molar-refractivity contribution in [2.75, 3.05) is 16.3 Å². The largest absolute Gasteiger partial charge is 0.445 e. The molecule has 4 aromatic rings. The zero-order valence-electron chi connectivity index (χ0n) is 23.5. The van der Waals surface area contributed by atoms with Gasteiger partial charge in [0.1, 0.15) is 13.2 Å². The highest BCUT2D eigenvalue weighted by molar-refractivity contribution is 6.21. The SMILES string of the molecule is CC(C)N(C(=O)CN1C(=O)C(NC(=O)OCc2ccccc2)N=C(c2ccccc2)c2ccccc21)c1ccccc1. The van der Waals surface area contributed by atoms with E-state index in [1.165, 1.54) is 4.90 Å². The number of alkyl carbamates (subject to hydrolysis) is 1. The van der Waals surface area contributed by atoms with Gasteiger partial charge in [0.15, 0.2) is 0 Å². The molecule has 1 N–H and O–H groups in total. The summed E-state index contributed by atoms with van der Waals surface area (Å²) in [4.78, 5) is 48.7. The van der Waals surface area contributed by atoms with Gasteiger partial charge in [-0.3, -0.25) is 19.8 Å². The minimum absolute atomic E-state index is 0.0334. The second-order valence-corrected chi connectivity index (χ2v) is 10.1. The van der Waals surface area contributed by atoms with Gasteiger partial charge < -0.3 is 9.64 Å². The normalized spacial score (nSPS) is 14.5. The summed E-state index contributed by atoms with van der Waals surface area (Å²) in [6, 6.07) is 35.2. The number of amides is 3. The maximum absolute atomic E-state index is 14.1. The summed E-state index contributed by atoms with van der Waals surface area (Å²) >= 11 is 0. The van der Waals surface area contributed by atoms with E-state index < -0.39 is 18.2 Å². The maximum atomic E-state index is 14.1. The minimum atomic E-state index is -1.33. The van der Waals surface area contributed by atoms with Gasteiger partial charge in [-0.25, -0.2) is 9.79 Å². The minimum Gasteiger partial charge on any atom is -0.445 e. The fourth-order valence-electron chi connectivity index (χ4n) is 4.92. The molecule has 1 aliphatic heterocycles. The summed E-state index contributed by atoms with van der Waals surface area (Å²) in [5.41, 5.74) is 4.02. The topological polar surface area (TPSA) is 91.3 Å². The summed E-state index contributed by atoms with van der Waals surface area (Å²) in [6.45, 7) is 3.63. The summed E-state index contributed by atoms with van der Waals surface area (Å²) < 4.78 is 5.42. The van der Waals surface area contributed by atoms with E-state index in [9.17, 15) is 14.4 Å². The van der Waals surface area contributed by atoms with E-state index in [-0.39, 0.29) is 25.1 Å². The first kappa shape index (κ1) is 28.3. The summed E-state index contributed by atoms with van der Waals surface area (Å²) in [5, 5.41) is 2.64. The van der Waals surface area contributed by atoms with Gasteiger partial charge in [0.25, 0.3) is 5.91 Å². The van der Waals surface area contributed by atoms with Gasteiger partial charge >= 0.3 is 6.09 Å². The molecule has 0 saturated carbocycles. The first-order valence-electron chi connectivity index (χ1n) is 13.8. The Morgan fingerprint density at radius 3 is 2.12 bits per heavy atom. The lowest BCUT2D eigenvalue weighted by Crippen LogP contribution is -2.51. The van der Waals surface area contributed by atoms with Crippen LogP contribution in [-0.4, -0.2) is 42.4 Å². The third-order valence-electron chi connectivity index (χ3n) is 6.84. The van der Waals surface area contributed by atoms with Gasteiger partial charge in [-0.2, -0.15) is 0 Å². The number of benzodiazepines with no additional fused rings is 1. The van der Waals surface area contributed by atoms with Crippen LogP contribution >= 0.6 is 0 Å². The zero-order chi connectivity index (χ0) is 29.5. The number of para-hydroxylation sites is 2. The molecule has 0 radical (unpaired) electrons. The number of ether oxygens (including phenoxy) is 1. The van der Waals surface area contributed by atoms with E-state index in [1.807, 2.05) is 123 Å². The molecular formula is C34H32N4O4. The van der Waals surface area contributed by atoms with Crippen LogP contribution in [0.5, 0.6) is 0 Å². The average molecular weight is 561 g/mol. The van der Waals surface area contributed by atoms with Gasteiger partial charge in [-0.05, 0) is 37.6 Å². The molecule has 0 aromatic heterocycles. The number of rotatable bonds is 8. The molecule has 1 unspecified atom stereocenters. The Kier molecular flexibility index (Phi) is 8.72. The third-order valence-corrected chi connectivity index (χ3v) is 6.84. The number of hydrogen-bond acceptors (Lipinski definition) is 5. The average Bonchev–Trinajstić information content (AvgIpc) is 3.12. The van der Waals surface area contributed by atoms with E-state index in [2.05, 4.69) is 5.32 Å². The number of carbonyl (C=O) groups excluding carboxylic acids is 3. The van der Waals surface area contributed by atoms with Crippen molar-refractivity contribution in [2.24, 2.45) is 4.99 Å². The first-order chi connectivity index (χ1) is 20.4. The molecule has 1 atom stereocenters. The van der Waals surface area contributed by atoms with Crippen molar-refractivity contribution in [1.82, 2.24) is 5.32 Å². The molecule has 3 amide bonds. The number of nitrogens with one attached hydrogen (secondary N) is 1. The second kappa shape index (κ2) is 13.0. The van der Waals surface area contributed by atoms with Crippen LogP contribution < -0.4 is 15.1 Å². The molecule has 5 rings (SSSR count). The van der Waals surface area contributed by atoms with Crippen molar-refractivity contribution in [3.8, 4) is 0 Å². The third kappa shape index (κ3) is 6.39. The smallest absolute Gasteiger partial charge is 0.409 e. The number of carbonyl (C=O) groups is 3. The number of fused-ring (bicyclic) bond motifs is 1. The Morgan fingerprint density at radius 1 is 0.857 bits per heavy atom. The van der Waals surface area contributed by atoms with Crippen LogP contribution in [0.15, 0.2) is 120 Å². The van der Waals surface area contributed by atoms with E-state index in [4.69, 9.17) is 9.73 Å². The predicted octanol–water partition coefficient (Wildman–Crippen LogP) is 5.56. The highest BCUT2D eigenvalue weighted by atomic mass is 16.5. The fraction of sp³-hybridized carbons (Fsp3) is 0.176. The van der Waals surface area contributed by atoms with E-state index in [0.717, 1.165) is 16.8 Å². The Hall–Kier alpha value is -5.24. The van der Waals surface area contributed by atoms with Crippen LogP contribution in [0.2, 0.25) is 0 Å². The van der Waals surface area contributed by atoms with E-state index >= 15 is 0 Å². The number of nitrogens with zero attached hydrogens (tertiary/aromatic N) is 3. The van der Waals surface area contributed by atoms with Gasteiger partial charge in [0, 0.05) is 22.9 Å². The van der Waals surface area contributed by atoms with Gasteiger partial charge in [-0.1, -0.05) is 97.1 Å². The Bertz CT molecular complexity index is 1570. The number of aliphatic imine (C=N–C) groups is 1. The lowest BCUT2D eigenvalue weighted by molar-refractivity contribution is -0.123. The van der Waals surface area contributed by atoms with Crippen molar-refractivity contribution in [1.29, 1.82) is 0 Å². The molecule has 0 saturated heterocycles. The maximum Gasteiger partial charge on any atom is 0.409 e. The van der Waals surface area contributed by atoms with Crippen LogP contribution in [-0.2, 0) is 20.9 Å². The number of benzene rings is 4. The van der Waals surface area contributed by atoms with Crippen molar-refractivity contribution in [3.05, 3.63) is 132 Å². The number of hydrogen-bond donors (Lipinski definition) is 1. The molecule has 0 fully saturated rings. The zero-order valence-corrected chi connectivity index (χ0v) is 23.5. The lowest BCUT2D eigenvalue weighted by atomic mass is 10.0. The molecule has 42 heavy (non-hydrogen) atoms. The number of anilines is 2. The monoisotopic (exact) mass is 560 g/mol. The van der Waals surface area contributed by atoms with Crippen molar-refractivity contribution in [3.63, 3.8) is 0 Å². The highest BCUT2D eigenvalue weighted by Gasteiger charge is 2.35. The van der Waals surface area contributed by atoms with Crippen molar-refractivity contribution >= 4 is 35.0 Å². The molecule has 212 valence electrons. The highest BCUT2D eigenvalue weighted by Crippen LogP contribution is 2.29. The molecule has 8 nitrogen and oxygen atoms in total. The molecule has 1 heterocycles. The molecular weight excluding hydrogens is 528 g/mol. The summed E-state index contributed by atoms with van der Waals surface area (Å²) in [7, 11) is 0. The van der Waals surface area contributed by atoms with Crippen LogP contribution in [0.4, 0.5) is 16.2 Å². The van der Waals surface area contributed by atoms with Gasteiger partial charge in [0.05, 0.1) is 11.4 Å². The van der Waals surface area contributed by atoms with Crippen molar-refractivity contribution in [2.45, 2.75) is 32.7 Å². The standard InChI is InChI=1S/C34H32N4O4/c1-24(2)38(27-18-10-5-11-19-27)30(39)22-37-29-21-13-12-20-28(29)31(26-16-8-4-9-17-26)35-32(33(37)40)36-34(41)42-23-25-14-6-3-7-15-25/h3-21,24,32H,22-23H2,1-2H3,(H,36,41). The van der Waals surface area contributed by atoms with Crippen LogP contribution in [0.3, 0.4) is 0 Å². The van der Waals surface area contributed by atoms with Gasteiger partial charge in [0.2, 0.25) is 12.1 Å². The molecule has 0 bridgehead atoms. The predicted molar refractivity (Wildman–Crippen MR) is 163 cm³/mol. The second-order valence-electron chi connectivity index (χ2n) is 10.1. The van der Waals surface area contributed by atoms with Crippen LogP contribution in [0, 0.1) is 0 Å². The Balaban J connectivity index is 1.50. The first-order valence-corrected chi connectivity index (χ1v) is 13.8.